The van der Waals surface area contributed by atoms with E-state index in [-0.39, 0.29) is 17.6 Å². The molecule has 1 N–H and O–H groups in total. The van der Waals surface area contributed by atoms with Crippen LogP contribution in [-0.2, 0) is 17.6 Å². The van der Waals surface area contributed by atoms with E-state index in [0.717, 1.165) is 24.3 Å². The monoisotopic (exact) mass is 346 g/mol. The molecule has 0 radical (unpaired) electrons. The highest BCUT2D eigenvalue weighted by Crippen LogP contribution is 2.15. The topological polar surface area (TPSA) is 101 Å². The van der Waals surface area contributed by atoms with Crippen molar-refractivity contribution in [2.24, 2.45) is 0 Å². The Morgan fingerprint density at radius 3 is 3.08 bits per heavy atom. The summed E-state index contributed by atoms with van der Waals surface area (Å²) in [6, 6.07) is 3.20. The minimum absolute atomic E-state index is 0.0826. The Balaban J connectivity index is 1.56. The van der Waals surface area contributed by atoms with Crippen molar-refractivity contribution in [3.05, 3.63) is 46.0 Å². The van der Waals surface area contributed by atoms with Crippen LogP contribution < -0.4 is 5.56 Å². The number of carbonyl (C=O) groups is 1. The lowest BCUT2D eigenvalue weighted by molar-refractivity contribution is -0.0249. The smallest absolute Gasteiger partial charge is 0.276 e. The van der Waals surface area contributed by atoms with Crippen molar-refractivity contribution in [2.45, 2.75) is 38.7 Å². The van der Waals surface area contributed by atoms with Crippen LogP contribution in [0.1, 0.15) is 41.7 Å². The second kappa shape index (κ2) is 8.06. The van der Waals surface area contributed by atoms with E-state index in [2.05, 4.69) is 15.1 Å². The molecule has 134 valence electrons. The molecule has 0 spiro atoms. The number of aryl methyl sites for hydroxylation is 2. The average molecular weight is 346 g/mol. The summed E-state index contributed by atoms with van der Waals surface area (Å²) in [5, 5.41) is 3.88. The molecule has 25 heavy (non-hydrogen) atoms. The summed E-state index contributed by atoms with van der Waals surface area (Å²) >= 11 is 0. The van der Waals surface area contributed by atoms with Gasteiger partial charge in [-0.15, -0.1) is 0 Å². The Morgan fingerprint density at radius 1 is 1.40 bits per heavy atom. The van der Waals surface area contributed by atoms with Gasteiger partial charge >= 0.3 is 0 Å². The largest absolute Gasteiger partial charge is 0.375 e. The van der Waals surface area contributed by atoms with Gasteiger partial charge in [0.15, 0.2) is 5.69 Å². The summed E-state index contributed by atoms with van der Waals surface area (Å²) in [4.78, 5) is 32.2. The molecule has 1 amide bonds. The highest BCUT2D eigenvalue weighted by atomic mass is 16.5. The molecule has 2 aromatic rings. The molecule has 0 aliphatic carbocycles. The third kappa shape index (κ3) is 4.54. The van der Waals surface area contributed by atoms with Gasteiger partial charge in [-0.25, -0.2) is 4.98 Å². The van der Waals surface area contributed by atoms with Gasteiger partial charge < -0.3 is 19.1 Å². The third-order valence-corrected chi connectivity index (χ3v) is 4.16. The molecule has 2 aromatic heterocycles. The number of rotatable bonds is 6. The molecular formula is C17H22N4O4. The maximum atomic E-state index is 12.6. The third-order valence-electron chi connectivity index (χ3n) is 4.16. The van der Waals surface area contributed by atoms with Crippen LogP contribution in [0, 0.1) is 0 Å². The summed E-state index contributed by atoms with van der Waals surface area (Å²) < 4.78 is 10.9. The number of aromatic nitrogens is 3. The Morgan fingerprint density at radius 2 is 2.28 bits per heavy atom. The van der Waals surface area contributed by atoms with Gasteiger partial charge in [0, 0.05) is 37.3 Å². The molecular weight excluding hydrogens is 324 g/mol. The van der Waals surface area contributed by atoms with E-state index in [0.29, 0.717) is 38.2 Å². The number of nitrogens with zero attached hydrogens (tertiary/aromatic N) is 3. The first-order valence-electron chi connectivity index (χ1n) is 8.55. The zero-order valence-electron chi connectivity index (χ0n) is 14.2. The van der Waals surface area contributed by atoms with Gasteiger partial charge in [-0.1, -0.05) is 12.1 Å². The van der Waals surface area contributed by atoms with E-state index in [1.165, 1.54) is 12.4 Å². The fourth-order valence-electron chi connectivity index (χ4n) is 2.87. The summed E-state index contributed by atoms with van der Waals surface area (Å²) in [5.41, 5.74) is 0.900. The summed E-state index contributed by atoms with van der Waals surface area (Å²) in [5.74, 6) is 0.602. The lowest BCUT2D eigenvalue weighted by Crippen LogP contribution is -2.45. The van der Waals surface area contributed by atoms with Crippen LogP contribution in [0.15, 0.2) is 27.8 Å². The summed E-state index contributed by atoms with van der Waals surface area (Å²) in [7, 11) is 0. The van der Waals surface area contributed by atoms with Crippen molar-refractivity contribution in [3.8, 4) is 0 Å². The molecule has 0 bridgehead atoms. The maximum Gasteiger partial charge on any atom is 0.276 e. The normalized spacial score (nSPS) is 17.6. The SMILES string of the molecule is CCCc1cc(C(=O)N2CCOC(CCc3cc(=O)[nH]cn3)C2)no1. The van der Waals surface area contributed by atoms with Crippen molar-refractivity contribution in [1.29, 1.82) is 0 Å². The fraction of sp³-hybridized carbons (Fsp3) is 0.529. The van der Waals surface area contributed by atoms with Crippen molar-refractivity contribution in [1.82, 2.24) is 20.0 Å². The van der Waals surface area contributed by atoms with Gasteiger partial charge in [0.1, 0.15) is 5.76 Å². The van der Waals surface area contributed by atoms with Crippen LogP contribution in [0.5, 0.6) is 0 Å². The second-order valence-electron chi connectivity index (χ2n) is 6.11. The highest BCUT2D eigenvalue weighted by Gasteiger charge is 2.27. The first kappa shape index (κ1) is 17.3. The van der Waals surface area contributed by atoms with E-state index >= 15 is 0 Å². The number of morpholine rings is 1. The van der Waals surface area contributed by atoms with Crippen LogP contribution in [0.3, 0.4) is 0 Å². The molecule has 1 unspecified atom stereocenters. The Bertz CT molecular complexity index is 770. The molecule has 0 saturated carbocycles. The molecule has 1 fully saturated rings. The van der Waals surface area contributed by atoms with Gasteiger partial charge in [-0.05, 0) is 19.3 Å². The first-order valence-corrected chi connectivity index (χ1v) is 8.55. The van der Waals surface area contributed by atoms with E-state index in [1.807, 2.05) is 6.92 Å². The first-order chi connectivity index (χ1) is 12.2. The Labute approximate surface area is 145 Å². The molecule has 1 atom stereocenters. The number of nitrogens with one attached hydrogen (secondary N) is 1. The highest BCUT2D eigenvalue weighted by molar-refractivity contribution is 5.92. The van der Waals surface area contributed by atoms with Crippen molar-refractivity contribution in [3.63, 3.8) is 0 Å². The molecule has 0 aromatic carbocycles. The Kier molecular flexibility index (Phi) is 5.60. The molecule has 3 heterocycles. The van der Waals surface area contributed by atoms with Gasteiger partial charge in [-0.3, -0.25) is 9.59 Å². The lowest BCUT2D eigenvalue weighted by atomic mass is 10.1. The zero-order valence-corrected chi connectivity index (χ0v) is 14.2. The predicted octanol–water partition coefficient (Wildman–Crippen LogP) is 1.18. The van der Waals surface area contributed by atoms with E-state index in [9.17, 15) is 9.59 Å². The van der Waals surface area contributed by atoms with Crippen LogP contribution in [0.4, 0.5) is 0 Å². The van der Waals surface area contributed by atoms with Gasteiger partial charge in [-0.2, -0.15) is 0 Å². The molecule has 1 saturated heterocycles. The van der Waals surface area contributed by atoms with E-state index in [1.54, 1.807) is 11.0 Å². The van der Waals surface area contributed by atoms with Crippen LogP contribution >= 0.6 is 0 Å². The zero-order chi connectivity index (χ0) is 17.6. The Hall–Kier alpha value is -2.48. The number of amides is 1. The van der Waals surface area contributed by atoms with Crippen molar-refractivity contribution in [2.75, 3.05) is 19.7 Å². The van der Waals surface area contributed by atoms with Crippen molar-refractivity contribution >= 4 is 5.91 Å². The molecule has 3 rings (SSSR count). The fourth-order valence-corrected chi connectivity index (χ4v) is 2.87. The van der Waals surface area contributed by atoms with Gasteiger partial charge in [0.25, 0.3) is 11.5 Å². The van der Waals surface area contributed by atoms with E-state index < -0.39 is 0 Å². The van der Waals surface area contributed by atoms with Crippen LogP contribution in [0.25, 0.3) is 0 Å². The number of hydrogen-bond donors (Lipinski definition) is 1. The number of H-pyrrole nitrogens is 1. The summed E-state index contributed by atoms with van der Waals surface area (Å²) in [6.07, 6.45) is 4.35. The molecule has 8 heteroatoms. The van der Waals surface area contributed by atoms with Gasteiger partial charge in [0.05, 0.1) is 19.0 Å². The molecule has 1 aliphatic heterocycles. The average Bonchev–Trinajstić information content (AvgIpc) is 3.09. The van der Waals surface area contributed by atoms with Crippen LogP contribution in [-0.4, -0.2) is 51.7 Å². The van der Waals surface area contributed by atoms with E-state index in [4.69, 9.17) is 9.26 Å². The standard InChI is InChI=1S/C17H22N4O4/c1-2-3-13-9-15(20-25-13)17(23)21-6-7-24-14(10-21)5-4-12-8-16(22)19-11-18-12/h8-9,11,14H,2-7,10H2,1H3,(H,18,19,22). The molecule has 8 nitrogen and oxygen atoms in total. The van der Waals surface area contributed by atoms with Gasteiger partial charge in [0.2, 0.25) is 0 Å². The predicted molar refractivity (Wildman–Crippen MR) is 89.3 cm³/mol. The summed E-state index contributed by atoms with van der Waals surface area (Å²) in [6.45, 7) is 3.57. The number of hydrogen-bond acceptors (Lipinski definition) is 6. The lowest BCUT2D eigenvalue weighted by Gasteiger charge is -2.32. The quantitative estimate of drug-likeness (QED) is 0.843. The van der Waals surface area contributed by atoms with Crippen molar-refractivity contribution < 1.29 is 14.1 Å². The maximum absolute atomic E-state index is 12.6. The molecule has 1 aliphatic rings. The minimum Gasteiger partial charge on any atom is -0.375 e. The minimum atomic E-state index is -0.166. The number of carbonyl (C=O) groups excluding carboxylic acids is 1. The number of ether oxygens (including phenoxy) is 1. The second-order valence-corrected chi connectivity index (χ2v) is 6.11. The number of aromatic amines is 1. The van der Waals surface area contributed by atoms with Crippen LogP contribution in [0.2, 0.25) is 0 Å².